The number of hydrogen-bond donors (Lipinski definition) is 0. The van der Waals surface area contributed by atoms with Crippen LogP contribution in [0.4, 0.5) is 0 Å². The smallest absolute Gasteiger partial charge is 0.0438 e. The van der Waals surface area contributed by atoms with E-state index in [-0.39, 0.29) is 0 Å². The molecule has 0 fully saturated rings. The predicted molar refractivity (Wildman–Crippen MR) is 71.5 cm³/mol. The highest BCUT2D eigenvalue weighted by Gasteiger charge is 2.09. The molecule has 86 valence electrons. The van der Waals surface area contributed by atoms with E-state index in [2.05, 4.69) is 34.8 Å². The standard InChI is InChI=1S/C14H20N2/c1-5-8-16(12(2)3)11-14-7-6-13(9-14)10-15-4/h5-8,10H,2,9,11H2,1,3-4H3/b8-5-,15-10?. The average Bonchev–Trinajstić information content (AvgIpc) is 2.65. The zero-order valence-electron chi connectivity index (χ0n) is 10.4. The van der Waals surface area contributed by atoms with Gasteiger partial charge in [-0.3, -0.25) is 4.99 Å². The van der Waals surface area contributed by atoms with Crippen molar-refractivity contribution in [1.29, 1.82) is 0 Å². The van der Waals surface area contributed by atoms with Crippen LogP contribution in [0.15, 0.2) is 52.8 Å². The van der Waals surface area contributed by atoms with Crippen LogP contribution in [0.1, 0.15) is 20.3 Å². The van der Waals surface area contributed by atoms with Gasteiger partial charge in [-0.25, -0.2) is 0 Å². The van der Waals surface area contributed by atoms with Gasteiger partial charge in [-0.1, -0.05) is 24.8 Å². The Bertz CT molecular complexity index is 370. The van der Waals surface area contributed by atoms with Crippen LogP contribution in [-0.4, -0.2) is 24.7 Å². The van der Waals surface area contributed by atoms with Gasteiger partial charge in [0.15, 0.2) is 0 Å². The first-order chi connectivity index (χ1) is 7.67. The minimum Gasteiger partial charge on any atom is -0.349 e. The lowest BCUT2D eigenvalue weighted by Gasteiger charge is -2.21. The lowest BCUT2D eigenvalue weighted by Crippen LogP contribution is -2.17. The maximum atomic E-state index is 4.03. The summed E-state index contributed by atoms with van der Waals surface area (Å²) in [5.74, 6) is 0. The second kappa shape index (κ2) is 6.11. The third-order valence-electron chi connectivity index (χ3n) is 2.45. The van der Waals surface area contributed by atoms with Crippen molar-refractivity contribution < 1.29 is 0 Å². The summed E-state index contributed by atoms with van der Waals surface area (Å²) in [4.78, 5) is 6.19. The molecule has 0 atom stereocenters. The van der Waals surface area contributed by atoms with E-state index >= 15 is 0 Å². The molecule has 16 heavy (non-hydrogen) atoms. The number of aliphatic imine (C=N–C) groups is 1. The summed E-state index contributed by atoms with van der Waals surface area (Å²) in [6, 6.07) is 0. The second-order valence-electron chi connectivity index (χ2n) is 3.98. The second-order valence-corrected chi connectivity index (χ2v) is 3.98. The molecule has 0 radical (unpaired) electrons. The molecule has 2 nitrogen and oxygen atoms in total. The summed E-state index contributed by atoms with van der Waals surface area (Å²) in [5.41, 5.74) is 3.74. The van der Waals surface area contributed by atoms with Crippen molar-refractivity contribution in [3.8, 4) is 0 Å². The minimum atomic E-state index is 0.914. The first-order valence-corrected chi connectivity index (χ1v) is 5.53. The number of allylic oxidation sites excluding steroid dienone is 5. The summed E-state index contributed by atoms with van der Waals surface area (Å²) in [5, 5.41) is 0. The highest BCUT2D eigenvalue weighted by atomic mass is 15.1. The van der Waals surface area contributed by atoms with Gasteiger partial charge in [0.25, 0.3) is 0 Å². The topological polar surface area (TPSA) is 15.6 Å². The Morgan fingerprint density at radius 2 is 2.31 bits per heavy atom. The number of hydrogen-bond acceptors (Lipinski definition) is 2. The van der Waals surface area contributed by atoms with Gasteiger partial charge in [0.1, 0.15) is 0 Å². The molecule has 0 bridgehead atoms. The molecule has 0 aromatic rings. The quantitative estimate of drug-likeness (QED) is 0.644. The zero-order valence-corrected chi connectivity index (χ0v) is 10.4. The molecule has 0 N–H and O–H groups in total. The fourth-order valence-electron chi connectivity index (χ4n) is 1.68. The molecule has 0 heterocycles. The molecule has 0 saturated heterocycles. The molecule has 1 rings (SSSR count). The molecule has 0 aromatic heterocycles. The Labute approximate surface area is 98.4 Å². The molecule has 2 heteroatoms. The van der Waals surface area contributed by atoms with Crippen LogP contribution in [0.25, 0.3) is 0 Å². The fraction of sp³-hybridized carbons (Fsp3) is 0.357. The summed E-state index contributed by atoms with van der Waals surface area (Å²) >= 11 is 0. The van der Waals surface area contributed by atoms with E-state index in [0.29, 0.717) is 0 Å². The highest BCUT2D eigenvalue weighted by Crippen LogP contribution is 2.20. The van der Waals surface area contributed by atoms with Crippen LogP contribution in [0.2, 0.25) is 0 Å². The van der Waals surface area contributed by atoms with Gasteiger partial charge >= 0.3 is 0 Å². The van der Waals surface area contributed by atoms with E-state index in [4.69, 9.17) is 0 Å². The van der Waals surface area contributed by atoms with Crippen molar-refractivity contribution in [2.75, 3.05) is 13.6 Å². The van der Waals surface area contributed by atoms with Gasteiger partial charge in [0, 0.05) is 25.5 Å². The Morgan fingerprint density at radius 1 is 1.56 bits per heavy atom. The fourth-order valence-corrected chi connectivity index (χ4v) is 1.68. The summed E-state index contributed by atoms with van der Waals surface area (Å²) in [6.07, 6.45) is 11.3. The van der Waals surface area contributed by atoms with Crippen molar-refractivity contribution in [2.45, 2.75) is 20.3 Å². The number of rotatable bonds is 5. The Kier molecular flexibility index (Phi) is 4.77. The van der Waals surface area contributed by atoms with Crippen LogP contribution in [0, 0.1) is 0 Å². The molecule has 0 unspecified atom stereocenters. The molecule has 0 aromatic carbocycles. The Balaban J connectivity index is 2.54. The van der Waals surface area contributed by atoms with Crippen molar-refractivity contribution >= 4 is 6.21 Å². The van der Waals surface area contributed by atoms with Crippen molar-refractivity contribution in [3.05, 3.63) is 47.9 Å². The predicted octanol–water partition coefficient (Wildman–Crippen LogP) is 3.31. The van der Waals surface area contributed by atoms with Gasteiger partial charge in [0.2, 0.25) is 0 Å². The van der Waals surface area contributed by atoms with Crippen LogP contribution in [0.3, 0.4) is 0 Å². The summed E-state index contributed by atoms with van der Waals surface area (Å²) in [6.45, 7) is 8.93. The molecular formula is C14H20N2. The van der Waals surface area contributed by atoms with E-state index in [1.165, 1.54) is 11.1 Å². The first-order valence-electron chi connectivity index (χ1n) is 5.53. The Morgan fingerprint density at radius 3 is 2.88 bits per heavy atom. The van der Waals surface area contributed by atoms with E-state index in [0.717, 1.165) is 18.7 Å². The molecule has 0 amide bonds. The molecule has 0 spiro atoms. The molecule has 1 aliphatic carbocycles. The lowest BCUT2D eigenvalue weighted by atomic mass is 10.1. The van der Waals surface area contributed by atoms with E-state index in [1.54, 1.807) is 7.05 Å². The van der Waals surface area contributed by atoms with Crippen molar-refractivity contribution in [1.82, 2.24) is 4.90 Å². The first kappa shape index (κ1) is 12.5. The van der Waals surface area contributed by atoms with Gasteiger partial charge in [-0.15, -0.1) is 0 Å². The van der Waals surface area contributed by atoms with Crippen LogP contribution < -0.4 is 0 Å². The van der Waals surface area contributed by atoms with Crippen molar-refractivity contribution in [3.63, 3.8) is 0 Å². The van der Waals surface area contributed by atoms with Crippen LogP contribution in [-0.2, 0) is 0 Å². The van der Waals surface area contributed by atoms with Gasteiger partial charge in [-0.05, 0) is 37.6 Å². The normalized spacial score (nSPS) is 15.7. The molecule has 1 aliphatic rings. The highest BCUT2D eigenvalue weighted by molar-refractivity contribution is 5.80. The van der Waals surface area contributed by atoms with Gasteiger partial charge < -0.3 is 4.90 Å². The molecule has 0 aliphatic heterocycles. The largest absolute Gasteiger partial charge is 0.349 e. The van der Waals surface area contributed by atoms with Gasteiger partial charge in [-0.2, -0.15) is 0 Å². The summed E-state index contributed by atoms with van der Waals surface area (Å²) < 4.78 is 0. The van der Waals surface area contributed by atoms with E-state index in [1.807, 2.05) is 26.1 Å². The Hall–Kier alpha value is -1.57. The zero-order chi connectivity index (χ0) is 12.0. The number of nitrogens with zero attached hydrogens (tertiary/aromatic N) is 2. The third-order valence-corrected chi connectivity index (χ3v) is 2.45. The molecular weight excluding hydrogens is 196 g/mol. The molecule has 0 saturated carbocycles. The SMILES string of the molecule is C=C(C)N(/C=C\C)CC1=CC=C(C=NC)C1. The van der Waals surface area contributed by atoms with E-state index < -0.39 is 0 Å². The monoisotopic (exact) mass is 216 g/mol. The summed E-state index contributed by atoms with van der Waals surface area (Å²) in [7, 11) is 1.80. The van der Waals surface area contributed by atoms with Crippen molar-refractivity contribution in [2.24, 2.45) is 4.99 Å². The minimum absolute atomic E-state index is 0.914. The van der Waals surface area contributed by atoms with Gasteiger partial charge in [0.05, 0.1) is 0 Å². The maximum Gasteiger partial charge on any atom is 0.0438 e. The third kappa shape index (κ3) is 3.54. The van der Waals surface area contributed by atoms with E-state index in [9.17, 15) is 0 Å². The lowest BCUT2D eigenvalue weighted by molar-refractivity contribution is 0.503. The van der Waals surface area contributed by atoms with Crippen LogP contribution >= 0.6 is 0 Å². The van der Waals surface area contributed by atoms with Crippen LogP contribution in [0.5, 0.6) is 0 Å². The maximum absolute atomic E-state index is 4.03. The average molecular weight is 216 g/mol.